The molecule has 1 aromatic heterocycles. The monoisotopic (exact) mass is 457 g/mol. The summed E-state index contributed by atoms with van der Waals surface area (Å²) in [6.07, 6.45) is -4.51. The first-order chi connectivity index (χ1) is 15.6. The van der Waals surface area contributed by atoms with Crippen molar-refractivity contribution in [3.8, 4) is 0 Å². The van der Waals surface area contributed by atoms with Crippen molar-refractivity contribution in [1.29, 1.82) is 0 Å². The second-order valence-corrected chi connectivity index (χ2v) is 7.20. The van der Waals surface area contributed by atoms with Gasteiger partial charge in [0.05, 0.1) is 23.2 Å². The number of benzene rings is 3. The number of anilines is 1. The zero-order valence-electron chi connectivity index (χ0n) is 16.7. The van der Waals surface area contributed by atoms with Crippen molar-refractivity contribution in [2.45, 2.75) is 12.7 Å². The van der Waals surface area contributed by atoms with Gasteiger partial charge in [0.15, 0.2) is 5.69 Å². The molecule has 0 bridgehead atoms. The van der Waals surface area contributed by atoms with Crippen molar-refractivity contribution >= 4 is 28.5 Å². The Hall–Kier alpha value is -4.21. The highest BCUT2D eigenvalue weighted by Crippen LogP contribution is 2.30. The summed E-state index contributed by atoms with van der Waals surface area (Å²) in [5.74, 6) is -2.42. The highest BCUT2D eigenvalue weighted by Gasteiger charge is 2.30. The number of amides is 1. The third-order valence-corrected chi connectivity index (χ3v) is 4.90. The molecule has 168 valence electrons. The quantitative estimate of drug-likeness (QED) is 0.404. The van der Waals surface area contributed by atoms with E-state index in [1.807, 2.05) is 0 Å². The first-order valence-electron chi connectivity index (χ1n) is 9.59. The number of fused-ring (bicyclic) bond motifs is 1. The number of nitrogens with one attached hydrogen (secondary N) is 1. The minimum Gasteiger partial charge on any atom is -0.478 e. The molecule has 0 saturated heterocycles. The molecule has 3 aromatic carbocycles. The highest BCUT2D eigenvalue weighted by molar-refractivity contribution is 6.11. The van der Waals surface area contributed by atoms with Gasteiger partial charge < -0.3 is 10.4 Å². The number of rotatable bonds is 5. The number of nitrogens with zero attached hydrogens (tertiary/aromatic N) is 2. The molecule has 0 radical (unpaired) electrons. The first kappa shape index (κ1) is 22.0. The van der Waals surface area contributed by atoms with Crippen LogP contribution in [0.25, 0.3) is 10.9 Å². The summed E-state index contributed by atoms with van der Waals surface area (Å²) in [7, 11) is 0. The normalized spacial score (nSPS) is 11.5. The number of carbonyl (C=O) groups excluding carboxylic acids is 1. The van der Waals surface area contributed by atoms with E-state index in [0.29, 0.717) is 16.8 Å². The molecule has 6 nitrogen and oxygen atoms in total. The van der Waals surface area contributed by atoms with Crippen LogP contribution < -0.4 is 5.32 Å². The van der Waals surface area contributed by atoms with E-state index < -0.39 is 29.4 Å². The van der Waals surface area contributed by atoms with Crippen molar-refractivity contribution in [2.75, 3.05) is 5.32 Å². The Morgan fingerprint density at radius 1 is 1.00 bits per heavy atom. The van der Waals surface area contributed by atoms with Gasteiger partial charge in [-0.1, -0.05) is 12.1 Å². The molecule has 10 heteroatoms. The maximum atomic E-state index is 13.9. The Bertz CT molecular complexity index is 1360. The molecule has 0 aliphatic carbocycles. The maximum absolute atomic E-state index is 13.9. The Morgan fingerprint density at radius 2 is 1.73 bits per heavy atom. The lowest BCUT2D eigenvalue weighted by Crippen LogP contribution is -2.14. The van der Waals surface area contributed by atoms with Gasteiger partial charge in [0.25, 0.3) is 5.91 Å². The standard InChI is InChI=1S/C23H15F4N3O3/c24-16-6-9-19-18(11-16)20(21(31)28-17-7-4-14(5-8-17)22(32)33)29-30(19)12-13-2-1-3-15(10-13)23(25,26)27/h1-11H,12H2,(H,28,31)(H,32,33). The first-order valence-corrected chi connectivity index (χ1v) is 9.59. The molecule has 0 atom stereocenters. The molecule has 33 heavy (non-hydrogen) atoms. The van der Waals surface area contributed by atoms with Gasteiger partial charge in [-0.25, -0.2) is 9.18 Å². The Labute approximate surface area is 184 Å². The van der Waals surface area contributed by atoms with E-state index in [-0.39, 0.29) is 23.2 Å². The van der Waals surface area contributed by atoms with Gasteiger partial charge in [0, 0.05) is 11.1 Å². The summed E-state index contributed by atoms with van der Waals surface area (Å²) < 4.78 is 54.3. The van der Waals surface area contributed by atoms with Crippen LogP contribution in [0.4, 0.5) is 23.2 Å². The summed E-state index contributed by atoms with van der Waals surface area (Å²) in [4.78, 5) is 23.8. The lowest BCUT2D eigenvalue weighted by molar-refractivity contribution is -0.137. The van der Waals surface area contributed by atoms with Crippen molar-refractivity contribution in [1.82, 2.24) is 9.78 Å². The van der Waals surface area contributed by atoms with Crippen LogP contribution in [-0.2, 0) is 12.7 Å². The van der Waals surface area contributed by atoms with E-state index in [0.717, 1.165) is 18.2 Å². The number of aromatic carboxylic acids is 1. The molecular formula is C23H15F4N3O3. The molecule has 1 heterocycles. The Morgan fingerprint density at radius 3 is 2.39 bits per heavy atom. The molecule has 0 spiro atoms. The van der Waals surface area contributed by atoms with Gasteiger partial charge in [-0.15, -0.1) is 0 Å². The number of carbonyl (C=O) groups is 2. The Kier molecular flexibility index (Phi) is 5.59. The molecule has 4 rings (SSSR count). The van der Waals surface area contributed by atoms with Crippen molar-refractivity contribution in [3.63, 3.8) is 0 Å². The molecule has 0 fully saturated rings. The zero-order valence-corrected chi connectivity index (χ0v) is 16.7. The Balaban J connectivity index is 1.68. The molecule has 0 saturated carbocycles. The van der Waals surface area contributed by atoms with Crippen molar-refractivity contribution in [3.05, 3.63) is 94.9 Å². The molecule has 1 amide bonds. The van der Waals surface area contributed by atoms with Crippen LogP contribution in [0, 0.1) is 5.82 Å². The fraction of sp³-hybridized carbons (Fsp3) is 0.0870. The number of aromatic nitrogens is 2. The molecule has 2 N–H and O–H groups in total. The third-order valence-electron chi connectivity index (χ3n) is 4.90. The smallest absolute Gasteiger partial charge is 0.416 e. The topological polar surface area (TPSA) is 84.2 Å². The van der Waals surface area contributed by atoms with Crippen molar-refractivity contribution < 1.29 is 32.3 Å². The summed E-state index contributed by atoms with van der Waals surface area (Å²) in [6.45, 7) is -0.0767. The number of carboxylic acids is 1. The van der Waals surface area contributed by atoms with Crippen LogP contribution in [0.1, 0.15) is 32.0 Å². The van der Waals surface area contributed by atoms with Crippen LogP contribution in [0.15, 0.2) is 66.7 Å². The number of hydrogen-bond acceptors (Lipinski definition) is 3. The number of hydrogen-bond donors (Lipinski definition) is 2. The van der Waals surface area contributed by atoms with E-state index >= 15 is 0 Å². The van der Waals surface area contributed by atoms with E-state index in [1.165, 1.54) is 53.2 Å². The predicted octanol–water partition coefficient (Wildman–Crippen LogP) is 5.19. The van der Waals surface area contributed by atoms with Gasteiger partial charge >= 0.3 is 12.1 Å². The maximum Gasteiger partial charge on any atom is 0.416 e. The molecule has 0 aliphatic heterocycles. The number of halogens is 4. The lowest BCUT2D eigenvalue weighted by atomic mass is 10.1. The van der Waals surface area contributed by atoms with E-state index in [2.05, 4.69) is 10.4 Å². The molecular weight excluding hydrogens is 442 g/mol. The molecule has 4 aromatic rings. The second-order valence-electron chi connectivity index (χ2n) is 7.20. The summed E-state index contributed by atoms with van der Waals surface area (Å²) >= 11 is 0. The summed E-state index contributed by atoms with van der Waals surface area (Å²) in [6, 6.07) is 13.8. The van der Waals surface area contributed by atoms with Crippen LogP contribution >= 0.6 is 0 Å². The van der Waals surface area contributed by atoms with Gasteiger partial charge in [0.1, 0.15) is 5.82 Å². The fourth-order valence-corrected chi connectivity index (χ4v) is 3.35. The van der Waals surface area contributed by atoms with Gasteiger partial charge in [-0.2, -0.15) is 18.3 Å². The van der Waals surface area contributed by atoms with Crippen LogP contribution in [0.5, 0.6) is 0 Å². The fourth-order valence-electron chi connectivity index (χ4n) is 3.35. The van der Waals surface area contributed by atoms with Crippen LogP contribution in [-0.4, -0.2) is 26.8 Å². The molecule has 0 unspecified atom stereocenters. The third kappa shape index (κ3) is 4.69. The average Bonchev–Trinajstić information content (AvgIpc) is 3.11. The van der Waals surface area contributed by atoms with E-state index in [4.69, 9.17) is 5.11 Å². The second kappa shape index (κ2) is 8.38. The highest BCUT2D eigenvalue weighted by atomic mass is 19.4. The minimum absolute atomic E-state index is 0.0332. The van der Waals surface area contributed by atoms with E-state index in [9.17, 15) is 27.2 Å². The summed E-state index contributed by atoms with van der Waals surface area (Å²) in [5, 5.41) is 15.9. The lowest BCUT2D eigenvalue weighted by Gasteiger charge is -2.09. The van der Waals surface area contributed by atoms with Gasteiger partial charge in [-0.05, 0) is 60.2 Å². The summed E-state index contributed by atoms with van der Waals surface area (Å²) in [5.41, 5.74) is 0.0480. The average molecular weight is 457 g/mol. The van der Waals surface area contributed by atoms with Crippen LogP contribution in [0.2, 0.25) is 0 Å². The van der Waals surface area contributed by atoms with Crippen LogP contribution in [0.3, 0.4) is 0 Å². The van der Waals surface area contributed by atoms with Gasteiger partial charge in [0.2, 0.25) is 0 Å². The molecule has 0 aliphatic rings. The zero-order chi connectivity index (χ0) is 23.8. The van der Waals surface area contributed by atoms with Gasteiger partial charge in [-0.3, -0.25) is 9.48 Å². The predicted molar refractivity (Wildman–Crippen MR) is 112 cm³/mol. The largest absolute Gasteiger partial charge is 0.478 e. The number of alkyl halides is 3. The number of carboxylic acid groups (broad SMARTS) is 1. The van der Waals surface area contributed by atoms with E-state index in [1.54, 1.807) is 0 Å². The SMILES string of the molecule is O=C(O)c1ccc(NC(=O)c2nn(Cc3cccc(C(F)(F)F)c3)c3ccc(F)cc23)cc1. The minimum atomic E-state index is -4.51. The van der Waals surface area contributed by atoms with Crippen molar-refractivity contribution in [2.24, 2.45) is 0 Å².